The normalized spacial score (nSPS) is 13.5. The molecule has 70 valence electrons. The topological polar surface area (TPSA) is 18.5 Å². The van der Waals surface area contributed by atoms with Crippen LogP contribution in [0.25, 0.3) is 0 Å². The summed E-state index contributed by atoms with van der Waals surface area (Å²) >= 11 is 13.9. The van der Waals surface area contributed by atoms with Gasteiger partial charge in [-0.3, -0.25) is 0 Å². The smallest absolute Gasteiger partial charge is 0.231 e. The van der Waals surface area contributed by atoms with E-state index in [1.807, 2.05) is 6.07 Å². The number of benzene rings is 1. The highest BCUT2D eigenvalue weighted by Crippen LogP contribution is 2.42. The summed E-state index contributed by atoms with van der Waals surface area (Å²) in [6.07, 6.45) is 0. The van der Waals surface area contributed by atoms with E-state index in [2.05, 4.69) is 22.6 Å². The number of fused-ring (bicyclic) bond motifs is 1. The van der Waals surface area contributed by atoms with Crippen molar-refractivity contribution in [3.8, 4) is 11.5 Å². The zero-order chi connectivity index (χ0) is 9.42. The molecular formula is C8H5Cl2IO2. The standard InChI is InChI=1S/C8H5Cl2IO2/c9-2-4-1-5-8(13-3-12-5)7(11)6(4)10/h1H,2-3H2. The van der Waals surface area contributed by atoms with Crippen LogP contribution in [0.15, 0.2) is 6.07 Å². The molecule has 0 bridgehead atoms. The summed E-state index contributed by atoms with van der Waals surface area (Å²) in [4.78, 5) is 0. The van der Waals surface area contributed by atoms with Gasteiger partial charge in [0.2, 0.25) is 6.79 Å². The minimum atomic E-state index is 0.257. The van der Waals surface area contributed by atoms with Crippen molar-refractivity contribution in [2.24, 2.45) is 0 Å². The van der Waals surface area contributed by atoms with E-state index >= 15 is 0 Å². The lowest BCUT2D eigenvalue weighted by Crippen LogP contribution is -1.93. The molecule has 1 aliphatic heterocycles. The fourth-order valence-corrected chi connectivity index (χ4v) is 2.38. The molecule has 0 aromatic heterocycles. The van der Waals surface area contributed by atoms with Gasteiger partial charge in [-0.15, -0.1) is 11.6 Å². The van der Waals surface area contributed by atoms with Crippen LogP contribution in [0.4, 0.5) is 0 Å². The van der Waals surface area contributed by atoms with E-state index in [1.165, 1.54) is 0 Å². The Bertz CT molecular complexity index is 354. The van der Waals surface area contributed by atoms with Crippen LogP contribution in [0.5, 0.6) is 11.5 Å². The molecule has 0 aliphatic carbocycles. The summed E-state index contributed by atoms with van der Waals surface area (Å²) in [5.41, 5.74) is 0.872. The molecule has 0 saturated carbocycles. The Hall–Kier alpha value is 0.130. The first-order chi connectivity index (χ1) is 6.24. The van der Waals surface area contributed by atoms with Gasteiger partial charge in [0.1, 0.15) is 0 Å². The first kappa shape index (κ1) is 9.68. The zero-order valence-electron chi connectivity index (χ0n) is 6.44. The molecule has 0 spiro atoms. The molecule has 5 heteroatoms. The van der Waals surface area contributed by atoms with Crippen LogP contribution in [0, 0.1) is 3.57 Å². The minimum Gasteiger partial charge on any atom is -0.454 e. The molecule has 0 fully saturated rings. The van der Waals surface area contributed by atoms with Crippen molar-refractivity contribution in [1.82, 2.24) is 0 Å². The molecule has 0 N–H and O–H groups in total. The number of hydrogen-bond donors (Lipinski definition) is 0. The largest absolute Gasteiger partial charge is 0.454 e. The molecule has 1 aliphatic rings. The number of ether oxygens (including phenoxy) is 2. The molecule has 0 atom stereocenters. The number of rotatable bonds is 1. The first-order valence-corrected chi connectivity index (χ1v) is 5.55. The lowest BCUT2D eigenvalue weighted by molar-refractivity contribution is 0.173. The first-order valence-electron chi connectivity index (χ1n) is 3.56. The molecule has 13 heavy (non-hydrogen) atoms. The van der Waals surface area contributed by atoms with Crippen LogP contribution < -0.4 is 9.47 Å². The highest BCUT2D eigenvalue weighted by Gasteiger charge is 2.21. The van der Waals surface area contributed by atoms with Gasteiger partial charge in [-0.05, 0) is 34.2 Å². The molecule has 0 amide bonds. The summed E-state index contributed by atoms with van der Waals surface area (Å²) in [5.74, 6) is 1.83. The van der Waals surface area contributed by atoms with Gasteiger partial charge >= 0.3 is 0 Å². The second-order valence-corrected chi connectivity index (χ2v) is 4.26. The average Bonchev–Trinajstić information content (AvgIpc) is 2.59. The Morgan fingerprint density at radius 3 is 2.92 bits per heavy atom. The Morgan fingerprint density at radius 1 is 1.46 bits per heavy atom. The molecule has 2 nitrogen and oxygen atoms in total. The van der Waals surface area contributed by atoms with E-state index in [-0.39, 0.29) is 6.79 Å². The third kappa shape index (κ3) is 1.57. The van der Waals surface area contributed by atoms with E-state index in [9.17, 15) is 0 Å². The fraction of sp³-hybridized carbons (Fsp3) is 0.250. The quantitative estimate of drug-likeness (QED) is 0.580. The Kier molecular flexibility index (Phi) is 2.76. The predicted molar refractivity (Wildman–Crippen MR) is 59.8 cm³/mol. The maximum atomic E-state index is 6.05. The number of hydrogen-bond acceptors (Lipinski definition) is 2. The van der Waals surface area contributed by atoms with Gasteiger partial charge in [0, 0.05) is 5.88 Å². The van der Waals surface area contributed by atoms with Crippen molar-refractivity contribution >= 4 is 45.8 Å². The molecule has 1 aromatic rings. The van der Waals surface area contributed by atoms with Gasteiger partial charge < -0.3 is 9.47 Å². The van der Waals surface area contributed by atoms with Crippen molar-refractivity contribution in [3.63, 3.8) is 0 Å². The molecule has 1 aromatic carbocycles. The summed E-state index contributed by atoms with van der Waals surface area (Å²) in [6, 6.07) is 1.82. The van der Waals surface area contributed by atoms with E-state index < -0.39 is 0 Å². The van der Waals surface area contributed by atoms with E-state index in [4.69, 9.17) is 32.7 Å². The summed E-state index contributed by atoms with van der Waals surface area (Å²) < 4.78 is 11.4. The number of halogens is 3. The molecule has 0 unspecified atom stereocenters. The summed E-state index contributed by atoms with van der Waals surface area (Å²) in [7, 11) is 0. The molecule has 2 rings (SSSR count). The van der Waals surface area contributed by atoms with Crippen molar-refractivity contribution in [2.45, 2.75) is 5.88 Å². The van der Waals surface area contributed by atoms with Gasteiger partial charge in [-0.2, -0.15) is 0 Å². The molecular weight excluding hydrogens is 326 g/mol. The predicted octanol–water partition coefficient (Wildman–Crippen LogP) is 3.41. The van der Waals surface area contributed by atoms with E-state index in [0.717, 1.165) is 20.6 Å². The molecule has 0 saturated heterocycles. The van der Waals surface area contributed by atoms with Crippen LogP contribution in [0.3, 0.4) is 0 Å². The van der Waals surface area contributed by atoms with Crippen LogP contribution in [-0.2, 0) is 5.88 Å². The van der Waals surface area contributed by atoms with Crippen LogP contribution in [0.2, 0.25) is 5.02 Å². The lowest BCUT2D eigenvalue weighted by Gasteiger charge is -2.05. The second-order valence-electron chi connectivity index (χ2n) is 2.53. The molecule has 0 radical (unpaired) electrons. The minimum absolute atomic E-state index is 0.257. The maximum Gasteiger partial charge on any atom is 0.231 e. The van der Waals surface area contributed by atoms with Gasteiger partial charge in [0.15, 0.2) is 11.5 Å². The molecule has 1 heterocycles. The van der Waals surface area contributed by atoms with Crippen molar-refractivity contribution in [1.29, 1.82) is 0 Å². The van der Waals surface area contributed by atoms with Crippen LogP contribution in [0.1, 0.15) is 5.56 Å². The van der Waals surface area contributed by atoms with Gasteiger partial charge in [0.05, 0.1) is 8.59 Å². The van der Waals surface area contributed by atoms with Crippen molar-refractivity contribution in [3.05, 3.63) is 20.2 Å². The Morgan fingerprint density at radius 2 is 2.23 bits per heavy atom. The van der Waals surface area contributed by atoms with Gasteiger partial charge in [-0.1, -0.05) is 11.6 Å². The fourth-order valence-electron chi connectivity index (χ4n) is 1.13. The third-order valence-electron chi connectivity index (χ3n) is 1.76. The van der Waals surface area contributed by atoms with Gasteiger partial charge in [0.25, 0.3) is 0 Å². The Balaban J connectivity index is 2.61. The number of alkyl halides is 1. The summed E-state index contributed by atoms with van der Waals surface area (Å²) in [6.45, 7) is 0.257. The van der Waals surface area contributed by atoms with Gasteiger partial charge in [-0.25, -0.2) is 0 Å². The zero-order valence-corrected chi connectivity index (χ0v) is 10.1. The lowest BCUT2D eigenvalue weighted by atomic mass is 10.2. The average molecular weight is 331 g/mol. The summed E-state index contributed by atoms with van der Waals surface area (Å²) in [5, 5.41) is 0.653. The Labute approximate surface area is 99.3 Å². The van der Waals surface area contributed by atoms with Crippen molar-refractivity contribution in [2.75, 3.05) is 6.79 Å². The van der Waals surface area contributed by atoms with E-state index in [1.54, 1.807) is 0 Å². The van der Waals surface area contributed by atoms with Crippen LogP contribution >= 0.6 is 45.8 Å². The maximum absolute atomic E-state index is 6.05. The van der Waals surface area contributed by atoms with Crippen LogP contribution in [-0.4, -0.2) is 6.79 Å². The highest BCUT2D eigenvalue weighted by molar-refractivity contribution is 14.1. The van der Waals surface area contributed by atoms with Crippen molar-refractivity contribution < 1.29 is 9.47 Å². The monoisotopic (exact) mass is 330 g/mol. The van der Waals surface area contributed by atoms with E-state index in [0.29, 0.717) is 10.9 Å². The highest BCUT2D eigenvalue weighted by atomic mass is 127. The third-order valence-corrected chi connectivity index (χ3v) is 3.83. The second kappa shape index (κ2) is 3.71. The SMILES string of the molecule is ClCc1cc2c(c(I)c1Cl)OCO2.